The highest BCUT2D eigenvalue weighted by atomic mass is 32.2. The first-order valence-corrected chi connectivity index (χ1v) is 8.15. The van der Waals surface area contributed by atoms with E-state index in [0.29, 0.717) is 12.1 Å². The molecule has 23 heavy (non-hydrogen) atoms. The lowest BCUT2D eigenvalue weighted by Crippen LogP contribution is -2.23. The topological polar surface area (TPSA) is 38.3 Å². The molecule has 0 unspecified atom stereocenters. The Hall–Kier alpha value is -2.27. The zero-order chi connectivity index (χ0) is 16.5. The second-order valence-electron chi connectivity index (χ2n) is 4.68. The minimum Gasteiger partial charge on any atom is -0.494 e. The van der Waals surface area contributed by atoms with E-state index in [-0.39, 0.29) is 11.7 Å². The zero-order valence-electron chi connectivity index (χ0n) is 12.8. The van der Waals surface area contributed by atoms with Gasteiger partial charge in [-0.2, -0.15) is 0 Å². The van der Waals surface area contributed by atoms with Crippen LogP contribution in [0.2, 0.25) is 0 Å². The molecular formula is C18H18FNO2S. The van der Waals surface area contributed by atoms with Crippen LogP contribution in [0.3, 0.4) is 0 Å². The second-order valence-corrected chi connectivity index (χ2v) is 5.85. The summed E-state index contributed by atoms with van der Waals surface area (Å²) in [5.74, 6) is 0.328. The summed E-state index contributed by atoms with van der Waals surface area (Å²) in [6.07, 6.45) is 2.97. The Morgan fingerprint density at radius 3 is 2.74 bits per heavy atom. The van der Waals surface area contributed by atoms with Gasteiger partial charge >= 0.3 is 0 Å². The van der Waals surface area contributed by atoms with E-state index in [1.54, 1.807) is 23.9 Å². The van der Waals surface area contributed by atoms with Crippen molar-refractivity contribution in [2.75, 3.05) is 19.4 Å². The van der Waals surface area contributed by atoms with Gasteiger partial charge in [-0.1, -0.05) is 24.3 Å². The lowest BCUT2D eigenvalue weighted by atomic mass is 10.2. The molecule has 0 aliphatic rings. The summed E-state index contributed by atoms with van der Waals surface area (Å²) < 4.78 is 18.4. The first-order valence-electron chi connectivity index (χ1n) is 7.16. The quantitative estimate of drug-likeness (QED) is 0.477. The molecule has 5 heteroatoms. The van der Waals surface area contributed by atoms with E-state index in [1.807, 2.05) is 30.3 Å². The Balaban J connectivity index is 1.75. The average molecular weight is 331 g/mol. The number of nitrogens with one attached hydrogen (secondary N) is 1. The van der Waals surface area contributed by atoms with Crippen LogP contribution >= 0.6 is 11.8 Å². The van der Waals surface area contributed by atoms with Gasteiger partial charge in [-0.3, -0.25) is 4.79 Å². The van der Waals surface area contributed by atoms with Gasteiger partial charge in [-0.05, 0) is 35.9 Å². The molecule has 0 saturated carbocycles. The lowest BCUT2D eigenvalue weighted by molar-refractivity contribution is -0.116. The fraction of sp³-hybridized carbons (Fsp3) is 0.167. The zero-order valence-corrected chi connectivity index (χ0v) is 13.6. The molecule has 0 radical (unpaired) electrons. The van der Waals surface area contributed by atoms with E-state index >= 15 is 0 Å². The van der Waals surface area contributed by atoms with Crippen molar-refractivity contribution in [2.45, 2.75) is 4.90 Å². The maximum absolute atomic E-state index is 13.5. The normalized spacial score (nSPS) is 10.7. The average Bonchev–Trinajstić information content (AvgIpc) is 2.58. The summed E-state index contributed by atoms with van der Waals surface area (Å²) in [5.41, 5.74) is 0.608. The summed E-state index contributed by atoms with van der Waals surface area (Å²) in [4.78, 5) is 12.9. The lowest BCUT2D eigenvalue weighted by Gasteiger charge is -2.03. The number of thioether (sulfide) groups is 1. The highest BCUT2D eigenvalue weighted by Gasteiger charge is 2.02. The molecule has 0 fully saturated rings. The number of ether oxygens (including phenoxy) is 1. The number of methoxy groups -OCH3 is 1. The third-order valence-corrected chi connectivity index (χ3v) is 4.03. The second kappa shape index (κ2) is 9.00. The third-order valence-electron chi connectivity index (χ3n) is 3.02. The molecule has 120 valence electrons. The fourth-order valence-corrected chi connectivity index (χ4v) is 2.67. The van der Waals surface area contributed by atoms with Crippen molar-refractivity contribution in [3.63, 3.8) is 0 Å². The molecule has 0 aliphatic carbocycles. The summed E-state index contributed by atoms with van der Waals surface area (Å²) >= 11 is 1.68. The van der Waals surface area contributed by atoms with Gasteiger partial charge in [0.1, 0.15) is 0 Å². The highest BCUT2D eigenvalue weighted by Crippen LogP contribution is 2.18. The summed E-state index contributed by atoms with van der Waals surface area (Å²) in [6.45, 7) is 0.569. The van der Waals surface area contributed by atoms with Gasteiger partial charge < -0.3 is 10.1 Å². The Morgan fingerprint density at radius 1 is 1.26 bits per heavy atom. The van der Waals surface area contributed by atoms with Crippen LogP contribution in [0.15, 0.2) is 59.5 Å². The first-order chi connectivity index (χ1) is 11.2. The minimum atomic E-state index is -0.450. The number of hydrogen-bond acceptors (Lipinski definition) is 3. The summed E-state index contributed by atoms with van der Waals surface area (Å²) in [5, 5.41) is 2.80. The molecule has 0 atom stereocenters. The van der Waals surface area contributed by atoms with Gasteiger partial charge in [0.25, 0.3) is 0 Å². The summed E-state index contributed by atoms with van der Waals surface area (Å²) in [7, 11) is 1.41. The predicted octanol–water partition coefficient (Wildman–Crippen LogP) is 3.76. The van der Waals surface area contributed by atoms with Crippen LogP contribution in [0.4, 0.5) is 4.39 Å². The minimum absolute atomic E-state index is 0.185. The summed E-state index contributed by atoms with van der Waals surface area (Å²) in [6, 6.07) is 14.6. The van der Waals surface area contributed by atoms with E-state index in [4.69, 9.17) is 4.74 Å². The Bertz CT molecular complexity index is 674. The Morgan fingerprint density at radius 2 is 2.04 bits per heavy atom. The molecule has 0 aliphatic heterocycles. The standard InChI is InChI=1S/C18H18FNO2S/c1-22-17-9-7-14(13-16(17)19)8-10-18(21)20-11-12-23-15-5-3-2-4-6-15/h2-10,13H,11-12H2,1H3,(H,20,21)/b10-8+. The SMILES string of the molecule is COc1ccc(/C=C/C(=O)NCCSc2ccccc2)cc1F. The van der Waals surface area contributed by atoms with Crippen LogP contribution in [-0.4, -0.2) is 25.3 Å². The van der Waals surface area contributed by atoms with Crippen LogP contribution in [0.25, 0.3) is 6.08 Å². The molecule has 2 aromatic rings. The molecule has 1 N–H and O–H groups in total. The number of benzene rings is 2. The van der Waals surface area contributed by atoms with Crippen LogP contribution in [0, 0.1) is 5.82 Å². The van der Waals surface area contributed by atoms with Gasteiger partial charge in [0, 0.05) is 23.3 Å². The number of halogens is 1. The maximum Gasteiger partial charge on any atom is 0.244 e. The van der Waals surface area contributed by atoms with E-state index in [9.17, 15) is 9.18 Å². The van der Waals surface area contributed by atoms with Crippen molar-refractivity contribution in [1.82, 2.24) is 5.32 Å². The molecule has 0 aromatic heterocycles. The smallest absolute Gasteiger partial charge is 0.244 e. The van der Waals surface area contributed by atoms with Crippen molar-refractivity contribution in [3.05, 3.63) is 66.0 Å². The molecule has 0 bridgehead atoms. The molecule has 0 saturated heterocycles. The van der Waals surface area contributed by atoms with Crippen molar-refractivity contribution in [3.8, 4) is 5.75 Å². The largest absolute Gasteiger partial charge is 0.494 e. The molecule has 1 amide bonds. The van der Waals surface area contributed by atoms with Crippen molar-refractivity contribution in [2.24, 2.45) is 0 Å². The molecule has 0 heterocycles. The molecule has 3 nitrogen and oxygen atoms in total. The monoisotopic (exact) mass is 331 g/mol. The van der Waals surface area contributed by atoms with Gasteiger partial charge in [-0.25, -0.2) is 4.39 Å². The number of rotatable bonds is 7. The van der Waals surface area contributed by atoms with E-state index in [2.05, 4.69) is 5.32 Å². The molecule has 2 rings (SSSR count). The van der Waals surface area contributed by atoms with Crippen LogP contribution in [0.5, 0.6) is 5.75 Å². The van der Waals surface area contributed by atoms with Crippen LogP contribution < -0.4 is 10.1 Å². The van der Waals surface area contributed by atoms with Crippen molar-refractivity contribution in [1.29, 1.82) is 0 Å². The van der Waals surface area contributed by atoms with Gasteiger partial charge in [0.15, 0.2) is 11.6 Å². The Kier molecular flexibility index (Phi) is 6.69. The molecular weight excluding hydrogens is 313 g/mol. The molecule has 2 aromatic carbocycles. The Labute approximate surface area is 139 Å². The van der Waals surface area contributed by atoms with Gasteiger partial charge in [0.05, 0.1) is 7.11 Å². The number of carbonyl (C=O) groups is 1. The van der Waals surface area contributed by atoms with Crippen LogP contribution in [-0.2, 0) is 4.79 Å². The predicted molar refractivity (Wildman–Crippen MR) is 92.2 cm³/mol. The first kappa shape index (κ1) is 17.1. The number of hydrogen-bond donors (Lipinski definition) is 1. The number of amides is 1. The molecule has 0 spiro atoms. The van der Waals surface area contributed by atoms with E-state index in [1.165, 1.54) is 30.2 Å². The van der Waals surface area contributed by atoms with Crippen molar-refractivity contribution < 1.29 is 13.9 Å². The third kappa shape index (κ3) is 5.79. The highest BCUT2D eigenvalue weighted by molar-refractivity contribution is 7.99. The van der Waals surface area contributed by atoms with Crippen LogP contribution in [0.1, 0.15) is 5.56 Å². The van der Waals surface area contributed by atoms with Gasteiger partial charge in [-0.15, -0.1) is 11.8 Å². The van der Waals surface area contributed by atoms with E-state index in [0.717, 1.165) is 5.75 Å². The van der Waals surface area contributed by atoms with Crippen molar-refractivity contribution >= 4 is 23.7 Å². The number of carbonyl (C=O) groups excluding carboxylic acids is 1. The fourth-order valence-electron chi connectivity index (χ4n) is 1.88. The van der Waals surface area contributed by atoms with Gasteiger partial charge in [0.2, 0.25) is 5.91 Å². The maximum atomic E-state index is 13.5. The van der Waals surface area contributed by atoms with E-state index < -0.39 is 5.82 Å².